The molecule has 1 atom stereocenters. The average Bonchev–Trinajstić information content (AvgIpc) is 2.69. The van der Waals surface area contributed by atoms with Gasteiger partial charge in [0.15, 0.2) is 5.22 Å². The number of hydrogen-bond acceptors (Lipinski definition) is 2. The molecule has 0 spiro atoms. The van der Waals surface area contributed by atoms with Crippen LogP contribution < -0.4 is 5.32 Å². The van der Waals surface area contributed by atoms with E-state index in [2.05, 4.69) is 11.4 Å². The van der Waals surface area contributed by atoms with E-state index in [4.69, 9.17) is 16.0 Å². The molecule has 1 N–H and O–H groups in total. The second-order valence-electron chi connectivity index (χ2n) is 4.60. The molecule has 1 aromatic heterocycles. The van der Waals surface area contributed by atoms with Crippen molar-refractivity contribution in [2.75, 3.05) is 7.05 Å². The molecule has 1 aromatic rings. The highest BCUT2D eigenvalue weighted by Crippen LogP contribution is 2.32. The van der Waals surface area contributed by atoms with Crippen LogP contribution in [0.5, 0.6) is 0 Å². The summed E-state index contributed by atoms with van der Waals surface area (Å²) in [7, 11) is 1.98. The quantitative estimate of drug-likeness (QED) is 0.804. The highest BCUT2D eigenvalue weighted by Gasteiger charge is 2.19. The molecule has 0 radical (unpaired) electrons. The van der Waals surface area contributed by atoms with Gasteiger partial charge >= 0.3 is 0 Å². The van der Waals surface area contributed by atoms with E-state index in [1.807, 2.05) is 13.1 Å². The third-order valence-electron chi connectivity index (χ3n) is 3.44. The van der Waals surface area contributed by atoms with Crippen LogP contribution in [0.4, 0.5) is 0 Å². The summed E-state index contributed by atoms with van der Waals surface area (Å²) in [5.41, 5.74) is 2.51. The molecule has 0 bridgehead atoms. The molecule has 0 saturated heterocycles. The first-order valence-electron chi connectivity index (χ1n) is 6.42. The van der Waals surface area contributed by atoms with Crippen molar-refractivity contribution in [3.8, 4) is 0 Å². The Morgan fingerprint density at radius 3 is 2.82 bits per heavy atom. The number of allylic oxidation sites excluding steroid dienone is 1. The second kappa shape index (κ2) is 6.27. The van der Waals surface area contributed by atoms with E-state index in [0.717, 1.165) is 12.0 Å². The maximum Gasteiger partial charge on any atom is 0.198 e. The van der Waals surface area contributed by atoms with Gasteiger partial charge in [-0.3, -0.25) is 0 Å². The van der Waals surface area contributed by atoms with Gasteiger partial charge in [-0.2, -0.15) is 0 Å². The topological polar surface area (TPSA) is 25.2 Å². The first kappa shape index (κ1) is 12.7. The summed E-state index contributed by atoms with van der Waals surface area (Å²) in [6.07, 6.45) is 11.7. The van der Waals surface area contributed by atoms with E-state index in [9.17, 15) is 0 Å². The zero-order valence-corrected chi connectivity index (χ0v) is 11.1. The summed E-state index contributed by atoms with van der Waals surface area (Å²) < 4.78 is 5.19. The van der Waals surface area contributed by atoms with Crippen LogP contribution in [0.25, 0.3) is 0 Å². The zero-order valence-electron chi connectivity index (χ0n) is 10.3. The molecular formula is C14H20ClNO. The molecule has 1 aliphatic carbocycles. The van der Waals surface area contributed by atoms with Gasteiger partial charge in [-0.15, -0.1) is 0 Å². The monoisotopic (exact) mass is 253 g/mol. The molecule has 0 amide bonds. The number of hydrogen-bond donors (Lipinski definition) is 1. The molecule has 1 aliphatic rings. The summed E-state index contributed by atoms with van der Waals surface area (Å²) in [6.45, 7) is 0. The van der Waals surface area contributed by atoms with Crippen molar-refractivity contribution in [3.05, 3.63) is 34.8 Å². The lowest BCUT2D eigenvalue weighted by atomic mass is 9.92. The molecule has 1 heterocycles. The SMILES string of the molecule is CNC(/C1=C/CCCCCC1)c1ccoc1Cl. The third kappa shape index (κ3) is 3.14. The third-order valence-corrected chi connectivity index (χ3v) is 3.75. The van der Waals surface area contributed by atoms with Crippen LogP contribution in [0.3, 0.4) is 0 Å². The molecule has 1 unspecified atom stereocenters. The van der Waals surface area contributed by atoms with Crippen molar-refractivity contribution in [1.82, 2.24) is 5.32 Å². The minimum atomic E-state index is 0.208. The van der Waals surface area contributed by atoms with Crippen molar-refractivity contribution < 1.29 is 4.42 Å². The Balaban J connectivity index is 2.19. The fourth-order valence-electron chi connectivity index (χ4n) is 2.53. The summed E-state index contributed by atoms with van der Waals surface area (Å²) in [5.74, 6) is 0. The lowest BCUT2D eigenvalue weighted by Crippen LogP contribution is -2.19. The minimum absolute atomic E-state index is 0.208. The molecule has 94 valence electrons. The molecule has 17 heavy (non-hydrogen) atoms. The first-order chi connectivity index (χ1) is 8.33. The highest BCUT2D eigenvalue weighted by molar-refractivity contribution is 6.29. The van der Waals surface area contributed by atoms with Crippen LogP contribution >= 0.6 is 11.6 Å². The van der Waals surface area contributed by atoms with Gasteiger partial charge in [0.25, 0.3) is 0 Å². The van der Waals surface area contributed by atoms with Gasteiger partial charge in [-0.25, -0.2) is 0 Å². The molecule has 2 rings (SSSR count). The zero-order chi connectivity index (χ0) is 12.1. The maximum atomic E-state index is 6.07. The molecule has 0 aromatic carbocycles. The largest absolute Gasteiger partial charge is 0.453 e. The smallest absolute Gasteiger partial charge is 0.198 e. The highest BCUT2D eigenvalue weighted by atomic mass is 35.5. The van der Waals surface area contributed by atoms with Crippen molar-refractivity contribution in [2.24, 2.45) is 0 Å². The van der Waals surface area contributed by atoms with Crippen LogP contribution in [0.15, 0.2) is 28.4 Å². The van der Waals surface area contributed by atoms with Crippen LogP contribution in [0.1, 0.15) is 50.1 Å². The van der Waals surface area contributed by atoms with E-state index in [0.29, 0.717) is 5.22 Å². The fraction of sp³-hybridized carbons (Fsp3) is 0.571. The van der Waals surface area contributed by atoms with E-state index < -0.39 is 0 Å². The molecular weight excluding hydrogens is 234 g/mol. The van der Waals surface area contributed by atoms with Gasteiger partial charge in [-0.05, 0) is 50.4 Å². The van der Waals surface area contributed by atoms with Gasteiger partial charge in [0.1, 0.15) is 0 Å². The predicted octanol–water partition coefficient (Wildman–Crippen LogP) is 4.47. The van der Waals surface area contributed by atoms with Gasteiger partial charge in [0.05, 0.1) is 12.3 Å². The van der Waals surface area contributed by atoms with Gasteiger partial charge in [0, 0.05) is 5.56 Å². The number of rotatable bonds is 3. The Hall–Kier alpha value is -0.730. The Morgan fingerprint density at radius 1 is 1.29 bits per heavy atom. The predicted molar refractivity (Wildman–Crippen MR) is 71.3 cm³/mol. The number of halogens is 1. The van der Waals surface area contributed by atoms with Crippen molar-refractivity contribution in [1.29, 1.82) is 0 Å². The van der Waals surface area contributed by atoms with E-state index >= 15 is 0 Å². The number of nitrogens with one attached hydrogen (secondary N) is 1. The van der Waals surface area contributed by atoms with E-state index in [-0.39, 0.29) is 6.04 Å². The summed E-state index contributed by atoms with van der Waals surface area (Å²) in [6, 6.07) is 2.17. The van der Waals surface area contributed by atoms with Crippen LogP contribution in [-0.4, -0.2) is 7.05 Å². The van der Waals surface area contributed by atoms with E-state index in [1.165, 1.54) is 37.7 Å². The van der Waals surface area contributed by atoms with Crippen LogP contribution in [0, 0.1) is 0 Å². The first-order valence-corrected chi connectivity index (χ1v) is 6.80. The Kier molecular flexibility index (Phi) is 4.69. The second-order valence-corrected chi connectivity index (χ2v) is 4.95. The number of likely N-dealkylation sites (N-methyl/N-ethyl adjacent to an activating group) is 1. The Bertz CT molecular complexity index is 383. The van der Waals surface area contributed by atoms with E-state index in [1.54, 1.807) is 6.26 Å². The van der Waals surface area contributed by atoms with Gasteiger partial charge in [-0.1, -0.05) is 24.5 Å². The van der Waals surface area contributed by atoms with Crippen LogP contribution in [0.2, 0.25) is 5.22 Å². The normalized spacial score (nSPS) is 22.4. The molecule has 0 saturated carbocycles. The van der Waals surface area contributed by atoms with Gasteiger partial charge < -0.3 is 9.73 Å². The summed E-state index contributed by atoms with van der Waals surface area (Å²) >= 11 is 6.07. The van der Waals surface area contributed by atoms with Crippen molar-refractivity contribution >= 4 is 11.6 Å². The fourth-order valence-corrected chi connectivity index (χ4v) is 2.75. The summed E-state index contributed by atoms with van der Waals surface area (Å²) in [4.78, 5) is 0. The Morgan fingerprint density at radius 2 is 2.12 bits per heavy atom. The number of furan rings is 1. The van der Waals surface area contributed by atoms with Gasteiger partial charge in [0.2, 0.25) is 0 Å². The molecule has 2 nitrogen and oxygen atoms in total. The lowest BCUT2D eigenvalue weighted by molar-refractivity contribution is 0.547. The standard InChI is InChI=1S/C14H20ClNO/c1-16-13(12-9-10-17-14(12)15)11-7-5-3-2-4-6-8-11/h7,9-10,13,16H,2-6,8H2,1H3/b11-7+. The van der Waals surface area contributed by atoms with Crippen molar-refractivity contribution in [3.63, 3.8) is 0 Å². The average molecular weight is 254 g/mol. The molecule has 0 fully saturated rings. The minimum Gasteiger partial charge on any atom is -0.453 e. The summed E-state index contributed by atoms with van der Waals surface area (Å²) in [5, 5.41) is 3.86. The van der Waals surface area contributed by atoms with Crippen LogP contribution in [-0.2, 0) is 0 Å². The molecule has 0 aliphatic heterocycles. The Labute approximate surface area is 108 Å². The maximum absolute atomic E-state index is 6.07. The lowest BCUT2D eigenvalue weighted by Gasteiger charge is -2.21. The molecule has 3 heteroatoms. The van der Waals surface area contributed by atoms with Crippen molar-refractivity contribution in [2.45, 2.75) is 44.6 Å².